The van der Waals surface area contributed by atoms with Crippen LogP contribution in [0.25, 0.3) is 0 Å². The van der Waals surface area contributed by atoms with Gasteiger partial charge in [-0.15, -0.1) is 10.2 Å². The third-order valence-corrected chi connectivity index (χ3v) is 8.12. The van der Waals surface area contributed by atoms with E-state index in [4.69, 9.17) is 9.47 Å². The number of ether oxygens (including phenoxy) is 2. The van der Waals surface area contributed by atoms with Crippen LogP contribution in [-0.2, 0) is 27.9 Å². The van der Waals surface area contributed by atoms with Crippen molar-refractivity contribution in [3.05, 3.63) is 59.3 Å². The lowest BCUT2D eigenvalue weighted by molar-refractivity contribution is 0.0804. The molecule has 1 aromatic carbocycles. The molecular weight excluding hydrogens is 468 g/mol. The number of nitrogens with one attached hydrogen (secondary N) is 1. The number of aromatic nitrogens is 4. The Labute approximate surface area is 206 Å². The zero-order valence-electron chi connectivity index (χ0n) is 20.7. The van der Waals surface area contributed by atoms with E-state index >= 15 is 0 Å². The Morgan fingerprint density at radius 1 is 1.29 bits per heavy atom. The maximum absolute atomic E-state index is 13.9. The molecule has 3 heterocycles. The molecule has 35 heavy (non-hydrogen) atoms. The van der Waals surface area contributed by atoms with E-state index in [1.54, 1.807) is 26.4 Å². The Hall–Kier alpha value is -3.02. The number of benzene rings is 1. The zero-order valence-corrected chi connectivity index (χ0v) is 21.5. The topological polar surface area (TPSA) is 111 Å². The maximum atomic E-state index is 13.9. The molecule has 0 bridgehead atoms. The summed E-state index contributed by atoms with van der Waals surface area (Å²) in [6, 6.07) is 8.45. The molecule has 0 saturated heterocycles. The predicted octanol–water partition coefficient (Wildman–Crippen LogP) is 3.47. The van der Waals surface area contributed by atoms with Gasteiger partial charge in [0, 0.05) is 25.8 Å². The second kappa shape index (κ2) is 10.3. The number of hydrogen-bond donors (Lipinski definition) is 1. The van der Waals surface area contributed by atoms with Gasteiger partial charge >= 0.3 is 0 Å². The lowest BCUT2D eigenvalue weighted by atomic mass is 10.0. The van der Waals surface area contributed by atoms with Crippen molar-refractivity contribution in [2.45, 2.75) is 57.3 Å². The fraction of sp³-hybridized carbons (Fsp3) is 0.458. The third-order valence-electron chi connectivity index (χ3n) is 6.24. The number of fused-ring (bicyclic) bond motifs is 1. The molecule has 1 aliphatic rings. The first kappa shape index (κ1) is 25.1. The zero-order chi connectivity index (χ0) is 25.2. The lowest BCUT2D eigenvalue weighted by Gasteiger charge is -2.28. The molecule has 4 rings (SSSR count). The van der Waals surface area contributed by atoms with E-state index < -0.39 is 10.0 Å². The number of rotatable bonds is 9. The summed E-state index contributed by atoms with van der Waals surface area (Å²) >= 11 is 0. The SMILES string of the molecule is CCC(c1cccc(OC)c1)N(C)S(=O)(=O)c1cc(C)cnc1NC(C)c1nnc2n1CCOC2. The smallest absolute Gasteiger partial charge is 0.247 e. The molecule has 2 aromatic heterocycles. The molecule has 0 saturated carbocycles. The number of hydrogen-bond acceptors (Lipinski definition) is 8. The molecule has 0 fully saturated rings. The van der Waals surface area contributed by atoms with Crippen LogP contribution >= 0.6 is 0 Å². The monoisotopic (exact) mass is 500 g/mol. The first-order chi connectivity index (χ1) is 16.8. The van der Waals surface area contributed by atoms with E-state index in [-0.39, 0.29) is 22.8 Å². The quantitative estimate of drug-likeness (QED) is 0.475. The van der Waals surface area contributed by atoms with E-state index in [2.05, 4.69) is 20.5 Å². The molecule has 1 N–H and O–H groups in total. The van der Waals surface area contributed by atoms with Crippen LogP contribution in [0.1, 0.15) is 55.1 Å². The van der Waals surface area contributed by atoms with Gasteiger partial charge in [0.2, 0.25) is 10.0 Å². The van der Waals surface area contributed by atoms with Crippen molar-refractivity contribution in [3.63, 3.8) is 0 Å². The fourth-order valence-electron chi connectivity index (χ4n) is 4.33. The Bertz CT molecular complexity index is 1290. The molecule has 188 valence electrons. The molecule has 11 heteroatoms. The first-order valence-corrected chi connectivity index (χ1v) is 13.0. The number of sulfonamides is 1. The van der Waals surface area contributed by atoms with Crippen molar-refractivity contribution in [3.8, 4) is 5.75 Å². The average molecular weight is 501 g/mol. The van der Waals surface area contributed by atoms with Gasteiger partial charge in [0.05, 0.1) is 19.8 Å². The number of anilines is 1. The van der Waals surface area contributed by atoms with Gasteiger partial charge in [-0.1, -0.05) is 19.1 Å². The van der Waals surface area contributed by atoms with Crippen molar-refractivity contribution in [1.82, 2.24) is 24.1 Å². The molecule has 0 amide bonds. The summed E-state index contributed by atoms with van der Waals surface area (Å²) in [5.41, 5.74) is 1.61. The largest absolute Gasteiger partial charge is 0.497 e. The van der Waals surface area contributed by atoms with E-state index in [0.717, 1.165) is 17.0 Å². The van der Waals surface area contributed by atoms with Gasteiger partial charge in [0.15, 0.2) is 11.6 Å². The van der Waals surface area contributed by atoms with Crippen LogP contribution in [0.2, 0.25) is 0 Å². The highest BCUT2D eigenvalue weighted by Crippen LogP contribution is 2.33. The Kier molecular flexibility index (Phi) is 7.39. The molecule has 3 aromatic rings. The Morgan fingerprint density at radius 2 is 2.09 bits per heavy atom. The van der Waals surface area contributed by atoms with Crippen LogP contribution in [0.15, 0.2) is 41.4 Å². The van der Waals surface area contributed by atoms with Crippen LogP contribution in [0.4, 0.5) is 5.82 Å². The summed E-state index contributed by atoms with van der Waals surface area (Å²) < 4.78 is 42.0. The van der Waals surface area contributed by atoms with Gasteiger partial charge in [-0.25, -0.2) is 13.4 Å². The van der Waals surface area contributed by atoms with Gasteiger partial charge in [-0.05, 0) is 49.6 Å². The highest BCUT2D eigenvalue weighted by Gasteiger charge is 2.32. The van der Waals surface area contributed by atoms with Gasteiger partial charge in [0.1, 0.15) is 23.1 Å². The summed E-state index contributed by atoms with van der Waals surface area (Å²) in [5.74, 6) is 2.43. The number of pyridine rings is 1. The van der Waals surface area contributed by atoms with Crippen molar-refractivity contribution in [2.75, 3.05) is 26.1 Å². The molecule has 2 atom stereocenters. The first-order valence-electron chi connectivity index (χ1n) is 11.6. The summed E-state index contributed by atoms with van der Waals surface area (Å²) in [7, 11) is -0.699. The van der Waals surface area contributed by atoms with Crippen LogP contribution in [0.5, 0.6) is 5.75 Å². The molecular formula is C24H32N6O4S. The summed E-state index contributed by atoms with van der Waals surface area (Å²) in [6.07, 6.45) is 2.25. The average Bonchev–Trinajstić information content (AvgIpc) is 3.30. The Balaban J connectivity index is 1.67. The van der Waals surface area contributed by atoms with E-state index in [1.165, 1.54) is 4.31 Å². The fourth-order valence-corrected chi connectivity index (χ4v) is 5.94. The second-order valence-electron chi connectivity index (χ2n) is 8.63. The molecule has 0 aliphatic carbocycles. The maximum Gasteiger partial charge on any atom is 0.247 e. The van der Waals surface area contributed by atoms with Gasteiger partial charge in [0.25, 0.3) is 0 Å². The van der Waals surface area contributed by atoms with Gasteiger partial charge < -0.3 is 19.4 Å². The van der Waals surface area contributed by atoms with Crippen molar-refractivity contribution < 1.29 is 17.9 Å². The van der Waals surface area contributed by atoms with E-state index in [9.17, 15) is 8.42 Å². The molecule has 1 aliphatic heterocycles. The molecule has 2 unspecified atom stereocenters. The molecule has 0 radical (unpaired) electrons. The van der Waals surface area contributed by atoms with Crippen LogP contribution in [-0.4, -0.2) is 53.2 Å². The summed E-state index contributed by atoms with van der Waals surface area (Å²) in [4.78, 5) is 4.58. The molecule has 0 spiro atoms. The summed E-state index contributed by atoms with van der Waals surface area (Å²) in [5, 5.41) is 11.8. The summed E-state index contributed by atoms with van der Waals surface area (Å²) in [6.45, 7) is 7.35. The minimum absolute atomic E-state index is 0.120. The van der Waals surface area contributed by atoms with E-state index in [1.807, 2.05) is 49.6 Å². The van der Waals surface area contributed by atoms with Crippen LogP contribution < -0.4 is 10.1 Å². The van der Waals surface area contributed by atoms with E-state index in [0.29, 0.717) is 37.8 Å². The standard InChI is InChI=1S/C24H32N6O4S/c1-6-20(18-8-7-9-19(13-18)33-5)29(4)35(31,32)21-12-16(2)14-25-23(21)26-17(3)24-28-27-22-15-34-11-10-30(22)24/h7-9,12-14,17,20H,6,10-11,15H2,1-5H3,(H,25,26). The number of methoxy groups -OCH3 is 1. The lowest BCUT2D eigenvalue weighted by Crippen LogP contribution is -2.32. The van der Waals surface area contributed by atoms with Gasteiger partial charge in [-0.3, -0.25) is 0 Å². The second-order valence-corrected chi connectivity index (χ2v) is 10.6. The van der Waals surface area contributed by atoms with Crippen molar-refractivity contribution >= 4 is 15.8 Å². The van der Waals surface area contributed by atoms with Gasteiger partial charge in [-0.2, -0.15) is 4.31 Å². The minimum atomic E-state index is -3.90. The highest BCUT2D eigenvalue weighted by molar-refractivity contribution is 7.89. The number of nitrogens with zero attached hydrogens (tertiary/aromatic N) is 5. The normalized spacial score (nSPS) is 15.5. The third kappa shape index (κ3) is 5.02. The molecule has 10 nitrogen and oxygen atoms in total. The Morgan fingerprint density at radius 3 is 2.83 bits per heavy atom. The van der Waals surface area contributed by atoms with Crippen molar-refractivity contribution in [2.24, 2.45) is 0 Å². The van der Waals surface area contributed by atoms with Crippen molar-refractivity contribution in [1.29, 1.82) is 0 Å². The van der Waals surface area contributed by atoms with Crippen LogP contribution in [0, 0.1) is 6.92 Å². The highest BCUT2D eigenvalue weighted by atomic mass is 32.2. The predicted molar refractivity (Wildman–Crippen MR) is 132 cm³/mol. The van der Waals surface area contributed by atoms with Crippen LogP contribution in [0.3, 0.4) is 0 Å². The number of aryl methyl sites for hydroxylation is 1. The minimum Gasteiger partial charge on any atom is -0.497 e.